The van der Waals surface area contributed by atoms with Crippen LogP contribution in [0.5, 0.6) is 0 Å². The SMILES string of the molecule is Cc1ccc(-c2ccc(C(F)(F)[C@@](O)(Cn3cnnn3)c3ccc(C)cc3)nc2)cc1. The number of aromatic nitrogens is 5. The maximum atomic E-state index is 15.8. The van der Waals surface area contributed by atoms with Crippen molar-refractivity contribution < 1.29 is 13.9 Å². The van der Waals surface area contributed by atoms with E-state index in [0.29, 0.717) is 5.56 Å². The van der Waals surface area contributed by atoms with Crippen LogP contribution in [-0.2, 0) is 18.1 Å². The first-order valence-corrected chi connectivity index (χ1v) is 9.71. The van der Waals surface area contributed by atoms with Gasteiger partial charge in [-0.2, -0.15) is 8.78 Å². The molecule has 1 N–H and O–H groups in total. The van der Waals surface area contributed by atoms with Gasteiger partial charge in [0.25, 0.3) is 0 Å². The molecule has 4 rings (SSSR count). The summed E-state index contributed by atoms with van der Waals surface area (Å²) in [6.45, 7) is 3.27. The zero-order valence-corrected chi connectivity index (χ0v) is 17.1. The molecule has 0 bridgehead atoms. The lowest BCUT2D eigenvalue weighted by molar-refractivity contribution is -0.206. The van der Waals surface area contributed by atoms with E-state index in [1.54, 1.807) is 18.2 Å². The van der Waals surface area contributed by atoms with Gasteiger partial charge in [0.2, 0.25) is 0 Å². The summed E-state index contributed by atoms with van der Waals surface area (Å²) in [5, 5.41) is 22.0. The first kappa shape index (κ1) is 20.7. The van der Waals surface area contributed by atoms with Gasteiger partial charge in [0, 0.05) is 11.8 Å². The fraction of sp³-hybridized carbons (Fsp3) is 0.217. The second-order valence-electron chi connectivity index (χ2n) is 7.61. The van der Waals surface area contributed by atoms with Gasteiger partial charge in [0.1, 0.15) is 12.0 Å². The average Bonchev–Trinajstić information content (AvgIpc) is 3.27. The molecule has 0 aliphatic rings. The highest BCUT2D eigenvalue weighted by atomic mass is 19.3. The quantitative estimate of drug-likeness (QED) is 0.509. The van der Waals surface area contributed by atoms with Gasteiger partial charge in [-0.15, -0.1) is 5.10 Å². The van der Waals surface area contributed by atoms with Crippen LogP contribution < -0.4 is 0 Å². The lowest BCUT2D eigenvalue weighted by Crippen LogP contribution is -2.47. The van der Waals surface area contributed by atoms with Crippen molar-refractivity contribution in [3.05, 3.63) is 95.6 Å². The van der Waals surface area contributed by atoms with E-state index in [1.165, 1.54) is 30.7 Å². The van der Waals surface area contributed by atoms with Crippen LogP contribution in [0.4, 0.5) is 8.78 Å². The smallest absolute Gasteiger partial charge is 0.323 e. The molecule has 0 saturated carbocycles. The van der Waals surface area contributed by atoms with Crippen LogP contribution in [0, 0.1) is 13.8 Å². The molecule has 8 heteroatoms. The molecule has 1 atom stereocenters. The Morgan fingerprint density at radius 1 is 0.871 bits per heavy atom. The standard InChI is InChI=1S/C23H21F2N5O/c1-16-3-7-18(8-4-16)19-9-12-21(26-13-19)23(24,25)22(31,14-30-15-27-28-29-30)20-10-5-17(2)6-11-20/h3-13,15,31H,14H2,1-2H3/t22-/m1/s1. The van der Waals surface area contributed by atoms with Crippen LogP contribution in [0.1, 0.15) is 22.4 Å². The number of aliphatic hydroxyl groups is 1. The van der Waals surface area contributed by atoms with E-state index in [0.717, 1.165) is 21.4 Å². The summed E-state index contributed by atoms with van der Waals surface area (Å²) in [6, 6.07) is 16.8. The minimum atomic E-state index is -3.72. The minimum Gasteiger partial charge on any atom is -0.377 e. The molecule has 0 radical (unpaired) electrons. The number of nitrogens with zero attached hydrogens (tertiary/aromatic N) is 5. The van der Waals surface area contributed by atoms with Crippen molar-refractivity contribution in [1.29, 1.82) is 0 Å². The normalized spacial score (nSPS) is 13.7. The van der Waals surface area contributed by atoms with Crippen LogP contribution in [-0.4, -0.2) is 30.3 Å². The van der Waals surface area contributed by atoms with E-state index in [9.17, 15) is 5.11 Å². The molecule has 31 heavy (non-hydrogen) atoms. The van der Waals surface area contributed by atoms with E-state index in [2.05, 4.69) is 20.5 Å². The minimum absolute atomic E-state index is 0.0445. The summed E-state index contributed by atoms with van der Waals surface area (Å²) in [7, 11) is 0. The number of benzene rings is 2. The Morgan fingerprint density at radius 3 is 2.03 bits per heavy atom. The summed E-state index contributed by atoms with van der Waals surface area (Å²) < 4.78 is 32.6. The van der Waals surface area contributed by atoms with Crippen molar-refractivity contribution in [2.24, 2.45) is 0 Å². The third-order valence-electron chi connectivity index (χ3n) is 5.30. The largest absolute Gasteiger partial charge is 0.377 e. The third-order valence-corrected chi connectivity index (χ3v) is 5.30. The summed E-state index contributed by atoms with van der Waals surface area (Å²) in [4.78, 5) is 4.02. The summed E-state index contributed by atoms with van der Waals surface area (Å²) in [5.41, 5.74) is 0.453. The van der Waals surface area contributed by atoms with Gasteiger partial charge in [0.05, 0.1) is 6.54 Å². The van der Waals surface area contributed by atoms with Crippen molar-refractivity contribution in [2.75, 3.05) is 0 Å². The highest BCUT2D eigenvalue weighted by molar-refractivity contribution is 5.62. The molecular formula is C23H21F2N5O. The first-order chi connectivity index (χ1) is 14.8. The monoisotopic (exact) mass is 421 g/mol. The Morgan fingerprint density at radius 2 is 1.48 bits per heavy atom. The van der Waals surface area contributed by atoms with E-state index >= 15 is 8.78 Å². The highest BCUT2D eigenvalue weighted by Gasteiger charge is 2.56. The lowest BCUT2D eigenvalue weighted by atomic mass is 9.84. The van der Waals surface area contributed by atoms with Crippen LogP contribution in [0.2, 0.25) is 0 Å². The van der Waals surface area contributed by atoms with Crippen molar-refractivity contribution >= 4 is 0 Å². The van der Waals surface area contributed by atoms with Gasteiger partial charge in [0.15, 0.2) is 5.60 Å². The van der Waals surface area contributed by atoms with Crippen molar-refractivity contribution in [3.63, 3.8) is 0 Å². The molecule has 2 aromatic heterocycles. The lowest BCUT2D eigenvalue weighted by Gasteiger charge is -2.35. The zero-order valence-electron chi connectivity index (χ0n) is 17.1. The van der Waals surface area contributed by atoms with E-state index < -0.39 is 23.8 Å². The van der Waals surface area contributed by atoms with E-state index in [1.807, 2.05) is 38.1 Å². The molecular weight excluding hydrogens is 400 g/mol. The average molecular weight is 421 g/mol. The van der Waals surface area contributed by atoms with E-state index in [-0.39, 0.29) is 5.56 Å². The van der Waals surface area contributed by atoms with Crippen LogP contribution >= 0.6 is 0 Å². The second-order valence-corrected chi connectivity index (χ2v) is 7.61. The molecule has 0 saturated heterocycles. The summed E-state index contributed by atoms with van der Waals surface area (Å²) in [6.07, 6.45) is 2.57. The topological polar surface area (TPSA) is 76.7 Å². The molecule has 0 aliphatic heterocycles. The van der Waals surface area contributed by atoms with Crippen molar-refractivity contribution in [2.45, 2.75) is 31.9 Å². The maximum Gasteiger partial charge on any atom is 0.323 e. The Labute approximate surface area is 178 Å². The van der Waals surface area contributed by atoms with Gasteiger partial charge < -0.3 is 5.11 Å². The van der Waals surface area contributed by atoms with Gasteiger partial charge in [-0.25, -0.2) is 4.68 Å². The van der Waals surface area contributed by atoms with Crippen molar-refractivity contribution in [3.8, 4) is 11.1 Å². The highest BCUT2D eigenvalue weighted by Crippen LogP contribution is 2.46. The molecule has 2 aromatic carbocycles. The molecule has 0 spiro atoms. The van der Waals surface area contributed by atoms with Gasteiger partial charge in [-0.3, -0.25) is 4.98 Å². The van der Waals surface area contributed by atoms with Gasteiger partial charge in [-0.1, -0.05) is 65.7 Å². The number of hydrogen-bond donors (Lipinski definition) is 1. The number of rotatable bonds is 6. The number of pyridine rings is 1. The molecule has 0 unspecified atom stereocenters. The Kier molecular flexibility index (Phi) is 5.32. The number of alkyl halides is 2. The number of aryl methyl sites for hydroxylation is 2. The predicted octanol–water partition coefficient (Wildman–Crippen LogP) is 4.03. The molecule has 2 heterocycles. The Hall–Kier alpha value is -3.52. The molecule has 0 amide bonds. The molecule has 4 aromatic rings. The van der Waals surface area contributed by atoms with Crippen molar-refractivity contribution in [1.82, 2.24) is 25.2 Å². The molecule has 6 nitrogen and oxygen atoms in total. The Balaban J connectivity index is 1.74. The number of halogens is 2. The van der Waals surface area contributed by atoms with E-state index in [4.69, 9.17) is 0 Å². The summed E-state index contributed by atoms with van der Waals surface area (Å²) >= 11 is 0. The first-order valence-electron chi connectivity index (χ1n) is 9.71. The van der Waals surface area contributed by atoms with Gasteiger partial charge in [-0.05, 0) is 41.5 Å². The second kappa shape index (κ2) is 7.96. The Bertz CT molecular complexity index is 1140. The third kappa shape index (κ3) is 3.94. The van der Waals surface area contributed by atoms with Gasteiger partial charge >= 0.3 is 5.92 Å². The summed E-state index contributed by atoms with van der Waals surface area (Å²) in [5.74, 6) is -3.72. The zero-order chi connectivity index (χ0) is 22.1. The fourth-order valence-corrected chi connectivity index (χ4v) is 3.40. The molecule has 158 valence electrons. The maximum absolute atomic E-state index is 15.8. The number of hydrogen-bond acceptors (Lipinski definition) is 5. The van der Waals surface area contributed by atoms with Crippen LogP contribution in [0.25, 0.3) is 11.1 Å². The fourth-order valence-electron chi connectivity index (χ4n) is 3.40. The molecule has 0 fully saturated rings. The number of tetrazole rings is 1. The van der Waals surface area contributed by atoms with Crippen LogP contribution in [0.15, 0.2) is 73.2 Å². The van der Waals surface area contributed by atoms with Crippen LogP contribution in [0.3, 0.4) is 0 Å². The molecule has 0 aliphatic carbocycles. The predicted molar refractivity (Wildman–Crippen MR) is 111 cm³/mol.